The molecule has 0 saturated heterocycles. The Morgan fingerprint density at radius 1 is 1.14 bits per heavy atom. The Bertz CT molecular complexity index is 596. The lowest BCUT2D eigenvalue weighted by Crippen LogP contribution is -2.08. The van der Waals surface area contributed by atoms with Crippen molar-refractivity contribution < 1.29 is 14.0 Å². The zero-order valence-corrected chi connectivity index (χ0v) is 13.0. The van der Waals surface area contributed by atoms with Gasteiger partial charge in [0.1, 0.15) is 17.5 Å². The molecule has 2 rings (SSSR count). The summed E-state index contributed by atoms with van der Waals surface area (Å²) in [5.41, 5.74) is 0.843. The summed E-state index contributed by atoms with van der Waals surface area (Å²) in [6.45, 7) is 6.01. The number of nitrogens with zero attached hydrogens (tertiary/aromatic N) is 2. The maximum Gasteiger partial charge on any atom is 0.248 e. The number of aromatic nitrogens is 2. The highest BCUT2D eigenvalue weighted by atomic mass is 16.5. The van der Waals surface area contributed by atoms with Crippen LogP contribution >= 0.6 is 0 Å². The summed E-state index contributed by atoms with van der Waals surface area (Å²) in [5.74, 6) is 2.94. The molecule has 1 heterocycles. The average molecular weight is 291 g/mol. The van der Waals surface area contributed by atoms with Gasteiger partial charge in [0.15, 0.2) is 5.82 Å². The number of hydrogen-bond donors (Lipinski definition) is 1. The first-order valence-electron chi connectivity index (χ1n) is 6.87. The molecule has 1 N–H and O–H groups in total. The normalized spacial score (nSPS) is 12.3. The molecule has 1 aromatic carbocycles. The number of nitrogens with one attached hydrogen (secondary N) is 1. The van der Waals surface area contributed by atoms with Crippen LogP contribution in [0.1, 0.15) is 44.4 Å². The molecule has 0 aliphatic rings. The molecule has 0 bridgehead atoms. The van der Waals surface area contributed by atoms with Gasteiger partial charge in [-0.05, 0) is 19.1 Å². The predicted molar refractivity (Wildman–Crippen MR) is 80.0 cm³/mol. The van der Waals surface area contributed by atoms with E-state index in [0.29, 0.717) is 17.5 Å². The number of rotatable bonds is 6. The highest BCUT2D eigenvalue weighted by molar-refractivity contribution is 5.59. The van der Waals surface area contributed by atoms with E-state index >= 15 is 0 Å². The largest absolute Gasteiger partial charge is 0.497 e. The molecule has 0 spiro atoms. The summed E-state index contributed by atoms with van der Waals surface area (Å²) in [7, 11) is 3.24. The van der Waals surface area contributed by atoms with E-state index in [1.165, 1.54) is 0 Å². The van der Waals surface area contributed by atoms with E-state index in [1.54, 1.807) is 14.2 Å². The van der Waals surface area contributed by atoms with Crippen LogP contribution < -0.4 is 14.8 Å². The Morgan fingerprint density at radius 2 is 1.90 bits per heavy atom. The molecular weight excluding hydrogens is 270 g/mol. The second-order valence-electron chi connectivity index (χ2n) is 5.08. The minimum absolute atomic E-state index is 0.118. The summed E-state index contributed by atoms with van der Waals surface area (Å²) in [5, 5.41) is 7.28. The van der Waals surface area contributed by atoms with Gasteiger partial charge in [-0.3, -0.25) is 0 Å². The molecule has 114 valence electrons. The molecule has 0 fully saturated rings. The van der Waals surface area contributed by atoms with Crippen LogP contribution in [0.2, 0.25) is 0 Å². The number of benzene rings is 1. The first kappa shape index (κ1) is 15.2. The van der Waals surface area contributed by atoms with Crippen LogP contribution in [-0.2, 0) is 0 Å². The van der Waals surface area contributed by atoms with Gasteiger partial charge in [-0.2, -0.15) is 4.98 Å². The van der Waals surface area contributed by atoms with Crippen LogP contribution in [0.25, 0.3) is 0 Å². The van der Waals surface area contributed by atoms with E-state index in [-0.39, 0.29) is 12.0 Å². The molecule has 0 aliphatic heterocycles. The van der Waals surface area contributed by atoms with Crippen LogP contribution in [0.5, 0.6) is 11.5 Å². The fraction of sp³-hybridized carbons (Fsp3) is 0.467. The van der Waals surface area contributed by atoms with Crippen molar-refractivity contribution in [3.8, 4) is 11.5 Å². The van der Waals surface area contributed by atoms with Gasteiger partial charge in [0.2, 0.25) is 5.89 Å². The smallest absolute Gasteiger partial charge is 0.248 e. The Labute approximate surface area is 124 Å². The van der Waals surface area contributed by atoms with Crippen LogP contribution in [0, 0.1) is 0 Å². The molecule has 6 nitrogen and oxygen atoms in total. The van der Waals surface area contributed by atoms with Crippen molar-refractivity contribution in [1.82, 2.24) is 10.1 Å². The third-order valence-electron chi connectivity index (χ3n) is 3.12. The van der Waals surface area contributed by atoms with Crippen molar-refractivity contribution in [2.45, 2.75) is 32.7 Å². The van der Waals surface area contributed by atoms with Crippen molar-refractivity contribution in [1.29, 1.82) is 0 Å². The van der Waals surface area contributed by atoms with Crippen molar-refractivity contribution in [2.24, 2.45) is 0 Å². The lowest BCUT2D eigenvalue weighted by molar-refractivity contribution is 0.360. The summed E-state index contributed by atoms with van der Waals surface area (Å²) in [6.07, 6.45) is 0. The second kappa shape index (κ2) is 6.47. The lowest BCUT2D eigenvalue weighted by Gasteiger charge is -2.15. The fourth-order valence-corrected chi connectivity index (χ4v) is 1.87. The molecular formula is C15H21N3O3. The van der Waals surface area contributed by atoms with E-state index in [2.05, 4.69) is 15.5 Å². The predicted octanol–water partition coefficient (Wildman–Crippen LogP) is 3.38. The average Bonchev–Trinajstić information content (AvgIpc) is 2.97. The fourth-order valence-electron chi connectivity index (χ4n) is 1.87. The van der Waals surface area contributed by atoms with Gasteiger partial charge in [-0.25, -0.2) is 0 Å². The highest BCUT2D eigenvalue weighted by Gasteiger charge is 2.17. The van der Waals surface area contributed by atoms with Crippen LogP contribution in [0.15, 0.2) is 22.7 Å². The third-order valence-corrected chi connectivity index (χ3v) is 3.12. The zero-order chi connectivity index (χ0) is 15.4. The molecule has 0 unspecified atom stereocenters. The van der Waals surface area contributed by atoms with Gasteiger partial charge in [-0.15, -0.1) is 0 Å². The SMILES string of the molecule is COc1ccc(N[C@H](C)c2nc(C(C)C)no2)c(OC)c1. The van der Waals surface area contributed by atoms with Crippen molar-refractivity contribution in [2.75, 3.05) is 19.5 Å². The van der Waals surface area contributed by atoms with Crippen LogP contribution in [-0.4, -0.2) is 24.4 Å². The molecule has 0 aliphatic carbocycles. The van der Waals surface area contributed by atoms with E-state index in [0.717, 1.165) is 11.4 Å². The second-order valence-corrected chi connectivity index (χ2v) is 5.08. The monoisotopic (exact) mass is 291 g/mol. The Kier molecular flexibility index (Phi) is 4.67. The molecule has 0 saturated carbocycles. The van der Waals surface area contributed by atoms with Gasteiger partial charge in [-0.1, -0.05) is 19.0 Å². The molecule has 0 amide bonds. The van der Waals surface area contributed by atoms with Gasteiger partial charge >= 0.3 is 0 Å². The standard InChI is InChI=1S/C15H21N3O3/c1-9(2)14-17-15(21-18-14)10(3)16-12-7-6-11(19-4)8-13(12)20-5/h6-10,16H,1-5H3/t10-/m1/s1. The van der Waals surface area contributed by atoms with Crippen molar-refractivity contribution >= 4 is 5.69 Å². The van der Waals surface area contributed by atoms with Crippen LogP contribution in [0.3, 0.4) is 0 Å². The van der Waals surface area contributed by atoms with E-state index < -0.39 is 0 Å². The van der Waals surface area contributed by atoms with Gasteiger partial charge in [0.25, 0.3) is 0 Å². The molecule has 6 heteroatoms. The molecule has 1 aromatic heterocycles. The minimum atomic E-state index is -0.118. The maximum atomic E-state index is 5.36. The zero-order valence-electron chi connectivity index (χ0n) is 13.0. The summed E-state index contributed by atoms with van der Waals surface area (Å²) >= 11 is 0. The first-order chi connectivity index (χ1) is 10.0. The topological polar surface area (TPSA) is 69.4 Å². The van der Waals surface area contributed by atoms with Crippen molar-refractivity contribution in [3.63, 3.8) is 0 Å². The number of ether oxygens (including phenoxy) is 2. The van der Waals surface area contributed by atoms with Crippen molar-refractivity contribution in [3.05, 3.63) is 29.9 Å². The summed E-state index contributed by atoms with van der Waals surface area (Å²) < 4.78 is 15.8. The maximum absolute atomic E-state index is 5.36. The summed E-state index contributed by atoms with van der Waals surface area (Å²) in [4.78, 5) is 4.39. The van der Waals surface area contributed by atoms with Gasteiger partial charge in [0, 0.05) is 12.0 Å². The van der Waals surface area contributed by atoms with E-state index in [9.17, 15) is 0 Å². The van der Waals surface area contributed by atoms with Gasteiger partial charge < -0.3 is 19.3 Å². The quantitative estimate of drug-likeness (QED) is 0.879. The first-order valence-corrected chi connectivity index (χ1v) is 6.87. The molecule has 1 atom stereocenters. The Morgan fingerprint density at radius 3 is 2.48 bits per heavy atom. The van der Waals surface area contributed by atoms with Gasteiger partial charge in [0.05, 0.1) is 19.9 Å². The summed E-state index contributed by atoms with van der Waals surface area (Å²) in [6, 6.07) is 5.47. The van der Waals surface area contributed by atoms with E-state index in [1.807, 2.05) is 39.0 Å². The molecule has 21 heavy (non-hydrogen) atoms. The van der Waals surface area contributed by atoms with Crippen LogP contribution in [0.4, 0.5) is 5.69 Å². The minimum Gasteiger partial charge on any atom is -0.497 e. The van der Waals surface area contributed by atoms with E-state index in [4.69, 9.17) is 14.0 Å². The number of methoxy groups -OCH3 is 2. The molecule has 0 radical (unpaired) electrons. The Balaban J connectivity index is 2.16. The molecule has 2 aromatic rings. The number of hydrogen-bond acceptors (Lipinski definition) is 6. The third kappa shape index (κ3) is 3.45. The number of anilines is 1. The Hall–Kier alpha value is -2.24. The lowest BCUT2D eigenvalue weighted by atomic mass is 10.2. The highest BCUT2D eigenvalue weighted by Crippen LogP contribution is 2.31.